The second-order valence-electron chi connectivity index (χ2n) is 7.17. The highest BCUT2D eigenvalue weighted by atomic mass is 32.2. The molecule has 0 bridgehead atoms. The summed E-state index contributed by atoms with van der Waals surface area (Å²) in [6.07, 6.45) is 0.306. The molecule has 0 amide bonds. The zero-order chi connectivity index (χ0) is 20.9. The summed E-state index contributed by atoms with van der Waals surface area (Å²) in [6.45, 7) is 7.53. The average molecular weight is 408 g/mol. The van der Waals surface area contributed by atoms with E-state index in [0.29, 0.717) is 18.8 Å². The smallest absolute Gasteiger partial charge is 0.240 e. The van der Waals surface area contributed by atoms with Crippen LogP contribution in [0.2, 0.25) is 0 Å². The molecule has 7 heteroatoms. The molecule has 1 atom stereocenters. The Hall–Kier alpha value is -2.09. The Morgan fingerprint density at radius 1 is 1.11 bits per heavy atom. The molecule has 0 aromatic heterocycles. The van der Waals surface area contributed by atoms with E-state index in [2.05, 4.69) is 4.72 Å². The van der Waals surface area contributed by atoms with E-state index in [0.717, 1.165) is 22.4 Å². The Kier molecular flexibility index (Phi) is 7.09. The Bertz CT molecular complexity index is 882. The summed E-state index contributed by atoms with van der Waals surface area (Å²) in [4.78, 5) is 0.159. The second kappa shape index (κ2) is 8.94. The SMILES string of the molecule is CCOc1c(C)cc(S(=O)(=O)NCC(C)(O)Cc2ccc(OC)cc2)cc1C. The van der Waals surface area contributed by atoms with Gasteiger partial charge in [0, 0.05) is 13.0 Å². The van der Waals surface area contributed by atoms with Gasteiger partial charge in [0.05, 0.1) is 24.2 Å². The zero-order valence-electron chi connectivity index (χ0n) is 17.1. The van der Waals surface area contributed by atoms with Gasteiger partial charge in [-0.3, -0.25) is 0 Å². The number of benzene rings is 2. The molecule has 0 saturated heterocycles. The Labute approximate surface area is 167 Å². The van der Waals surface area contributed by atoms with Gasteiger partial charge in [-0.1, -0.05) is 12.1 Å². The fraction of sp³-hybridized carbons (Fsp3) is 0.429. The maximum Gasteiger partial charge on any atom is 0.240 e. The molecule has 6 nitrogen and oxygen atoms in total. The molecule has 2 N–H and O–H groups in total. The molecule has 2 rings (SSSR count). The molecule has 0 saturated carbocycles. The van der Waals surface area contributed by atoms with Crippen LogP contribution in [0.3, 0.4) is 0 Å². The van der Waals surface area contributed by atoms with Gasteiger partial charge in [0.15, 0.2) is 0 Å². The summed E-state index contributed by atoms with van der Waals surface area (Å²) in [7, 11) is -2.17. The van der Waals surface area contributed by atoms with Gasteiger partial charge in [-0.15, -0.1) is 0 Å². The Morgan fingerprint density at radius 3 is 2.18 bits per heavy atom. The van der Waals surface area contributed by atoms with E-state index in [1.54, 1.807) is 38.3 Å². The van der Waals surface area contributed by atoms with E-state index in [9.17, 15) is 13.5 Å². The molecular formula is C21H29NO5S. The molecule has 0 radical (unpaired) electrons. The Balaban J connectivity index is 2.10. The Morgan fingerprint density at radius 2 is 1.68 bits per heavy atom. The molecular weight excluding hydrogens is 378 g/mol. The highest BCUT2D eigenvalue weighted by Gasteiger charge is 2.25. The quantitative estimate of drug-likeness (QED) is 0.668. The van der Waals surface area contributed by atoms with Crippen LogP contribution in [-0.2, 0) is 16.4 Å². The standard InChI is InChI=1S/C21H29NO5S/c1-6-27-20-15(2)11-19(12-16(20)3)28(24,25)22-14-21(4,23)13-17-7-9-18(26-5)10-8-17/h7-12,22-23H,6,13-14H2,1-5H3. The van der Waals surface area contributed by atoms with E-state index in [1.165, 1.54) is 0 Å². The first-order valence-corrected chi connectivity index (χ1v) is 10.7. The molecule has 0 aliphatic heterocycles. The molecule has 0 fully saturated rings. The molecule has 0 aliphatic rings. The van der Waals surface area contributed by atoms with E-state index >= 15 is 0 Å². The van der Waals surface area contributed by atoms with Gasteiger partial charge in [-0.2, -0.15) is 0 Å². The number of aliphatic hydroxyl groups is 1. The maximum atomic E-state index is 12.7. The van der Waals surface area contributed by atoms with Gasteiger partial charge in [0.25, 0.3) is 0 Å². The van der Waals surface area contributed by atoms with Crippen LogP contribution in [0.15, 0.2) is 41.3 Å². The van der Waals surface area contributed by atoms with Crippen LogP contribution < -0.4 is 14.2 Å². The molecule has 154 valence electrons. The minimum atomic E-state index is -3.76. The highest BCUT2D eigenvalue weighted by Crippen LogP contribution is 2.27. The topological polar surface area (TPSA) is 84.9 Å². The van der Waals surface area contributed by atoms with Crippen molar-refractivity contribution in [1.29, 1.82) is 0 Å². The average Bonchev–Trinajstić information content (AvgIpc) is 2.63. The van der Waals surface area contributed by atoms with Crippen molar-refractivity contribution in [2.75, 3.05) is 20.3 Å². The summed E-state index contributed by atoms with van der Waals surface area (Å²) >= 11 is 0. The monoisotopic (exact) mass is 407 g/mol. The number of hydrogen-bond donors (Lipinski definition) is 2. The van der Waals surface area contributed by atoms with Crippen LogP contribution >= 0.6 is 0 Å². The summed E-state index contributed by atoms with van der Waals surface area (Å²) in [6, 6.07) is 10.5. The number of nitrogens with one attached hydrogen (secondary N) is 1. The zero-order valence-corrected chi connectivity index (χ0v) is 17.9. The lowest BCUT2D eigenvalue weighted by molar-refractivity contribution is 0.0657. The van der Waals surface area contributed by atoms with Gasteiger partial charge in [0.1, 0.15) is 11.5 Å². The van der Waals surface area contributed by atoms with Crippen LogP contribution in [0.5, 0.6) is 11.5 Å². The molecule has 2 aromatic carbocycles. The molecule has 0 aliphatic carbocycles. The first kappa shape index (κ1) is 22.2. The number of aryl methyl sites for hydroxylation is 2. The number of rotatable bonds is 9. The number of hydrogen-bond acceptors (Lipinski definition) is 5. The van der Waals surface area contributed by atoms with E-state index in [4.69, 9.17) is 9.47 Å². The van der Waals surface area contributed by atoms with Crippen LogP contribution in [0.1, 0.15) is 30.5 Å². The molecule has 28 heavy (non-hydrogen) atoms. The number of ether oxygens (including phenoxy) is 2. The van der Waals surface area contributed by atoms with Crippen molar-refractivity contribution in [2.24, 2.45) is 0 Å². The van der Waals surface area contributed by atoms with E-state index in [-0.39, 0.29) is 11.4 Å². The van der Waals surface area contributed by atoms with E-state index in [1.807, 2.05) is 32.9 Å². The van der Waals surface area contributed by atoms with Gasteiger partial charge in [0.2, 0.25) is 10.0 Å². The van der Waals surface area contributed by atoms with Crippen molar-refractivity contribution >= 4 is 10.0 Å². The lowest BCUT2D eigenvalue weighted by atomic mass is 9.97. The molecule has 1 unspecified atom stereocenters. The third-order valence-corrected chi connectivity index (χ3v) is 5.80. The number of sulfonamides is 1. The van der Waals surface area contributed by atoms with Crippen LogP contribution in [-0.4, -0.2) is 39.4 Å². The van der Waals surface area contributed by atoms with Crippen LogP contribution in [0, 0.1) is 13.8 Å². The van der Waals surface area contributed by atoms with Gasteiger partial charge in [-0.25, -0.2) is 13.1 Å². The summed E-state index contributed by atoms with van der Waals surface area (Å²) in [5.74, 6) is 1.43. The van der Waals surface area contributed by atoms with Gasteiger partial charge < -0.3 is 14.6 Å². The maximum absolute atomic E-state index is 12.7. The normalized spacial score (nSPS) is 13.8. The van der Waals surface area contributed by atoms with Crippen LogP contribution in [0.4, 0.5) is 0 Å². The minimum absolute atomic E-state index is 0.104. The van der Waals surface area contributed by atoms with Crippen molar-refractivity contribution in [3.63, 3.8) is 0 Å². The second-order valence-corrected chi connectivity index (χ2v) is 8.93. The number of methoxy groups -OCH3 is 1. The van der Waals surface area contributed by atoms with Crippen molar-refractivity contribution < 1.29 is 23.0 Å². The summed E-state index contributed by atoms with van der Waals surface area (Å²) in [5, 5.41) is 10.6. The fourth-order valence-electron chi connectivity index (χ4n) is 3.02. The van der Waals surface area contributed by atoms with Crippen molar-refractivity contribution in [3.8, 4) is 11.5 Å². The van der Waals surface area contributed by atoms with E-state index < -0.39 is 15.6 Å². The third-order valence-electron chi connectivity index (χ3n) is 4.42. The summed E-state index contributed by atoms with van der Waals surface area (Å²) < 4.78 is 38.6. The lowest BCUT2D eigenvalue weighted by Gasteiger charge is -2.24. The van der Waals surface area contributed by atoms with Gasteiger partial charge in [-0.05, 0) is 68.7 Å². The van der Waals surface area contributed by atoms with Crippen molar-refractivity contribution in [2.45, 2.75) is 44.6 Å². The first-order chi connectivity index (χ1) is 13.1. The lowest BCUT2D eigenvalue weighted by Crippen LogP contribution is -2.42. The molecule has 0 heterocycles. The largest absolute Gasteiger partial charge is 0.497 e. The predicted octanol–water partition coefficient (Wildman–Crippen LogP) is 2.98. The molecule has 0 spiro atoms. The highest BCUT2D eigenvalue weighted by molar-refractivity contribution is 7.89. The van der Waals surface area contributed by atoms with Gasteiger partial charge >= 0.3 is 0 Å². The van der Waals surface area contributed by atoms with Crippen LogP contribution in [0.25, 0.3) is 0 Å². The van der Waals surface area contributed by atoms with Crippen molar-refractivity contribution in [3.05, 3.63) is 53.1 Å². The minimum Gasteiger partial charge on any atom is -0.497 e. The molecule has 2 aromatic rings. The predicted molar refractivity (Wildman–Crippen MR) is 110 cm³/mol. The fourth-order valence-corrected chi connectivity index (χ4v) is 4.35. The third kappa shape index (κ3) is 5.70. The summed E-state index contributed by atoms with van der Waals surface area (Å²) in [5.41, 5.74) is 1.16. The van der Waals surface area contributed by atoms with Crippen molar-refractivity contribution in [1.82, 2.24) is 4.72 Å². The first-order valence-electron chi connectivity index (χ1n) is 9.17.